The van der Waals surface area contributed by atoms with Gasteiger partial charge in [-0.3, -0.25) is 4.79 Å². The van der Waals surface area contributed by atoms with Gasteiger partial charge >= 0.3 is 12.1 Å². The van der Waals surface area contributed by atoms with Crippen LogP contribution in [0.2, 0.25) is 0 Å². The minimum Gasteiger partial charge on any atom is -0.477 e. The molecule has 1 saturated carbocycles. The molecule has 4 rings (SSSR count). The van der Waals surface area contributed by atoms with Crippen LogP contribution in [0.15, 0.2) is 17.1 Å². The van der Waals surface area contributed by atoms with E-state index < -0.39 is 51.1 Å². The number of nitrogens with zero attached hydrogens (tertiary/aromatic N) is 2. The van der Waals surface area contributed by atoms with Crippen LogP contribution in [0.3, 0.4) is 0 Å². The Kier molecular flexibility index (Phi) is 5.68. The van der Waals surface area contributed by atoms with Gasteiger partial charge in [0, 0.05) is 31.4 Å². The second-order valence-corrected chi connectivity index (χ2v) is 8.63. The van der Waals surface area contributed by atoms with Gasteiger partial charge in [-0.05, 0) is 44.7 Å². The molecule has 174 valence electrons. The van der Waals surface area contributed by atoms with Gasteiger partial charge in [0.2, 0.25) is 5.43 Å². The van der Waals surface area contributed by atoms with Gasteiger partial charge in [-0.2, -0.15) is 13.2 Å². The fourth-order valence-electron chi connectivity index (χ4n) is 4.74. The number of halogens is 4. The minimum atomic E-state index is -4.94. The van der Waals surface area contributed by atoms with Crippen LogP contribution < -0.4 is 15.6 Å². The van der Waals surface area contributed by atoms with E-state index >= 15 is 4.39 Å². The van der Waals surface area contributed by atoms with Crippen LogP contribution in [0.1, 0.15) is 55.1 Å². The third kappa shape index (κ3) is 3.85. The lowest BCUT2D eigenvalue weighted by atomic mass is 10.0. The molecular formula is C22H25F4N3O3. The van der Waals surface area contributed by atoms with Crippen LogP contribution in [0, 0.1) is 11.7 Å². The van der Waals surface area contributed by atoms with Crippen molar-refractivity contribution in [3.63, 3.8) is 0 Å². The molecule has 1 aromatic heterocycles. The third-order valence-electron chi connectivity index (χ3n) is 6.47. The highest BCUT2D eigenvalue weighted by Crippen LogP contribution is 2.46. The van der Waals surface area contributed by atoms with E-state index in [0.717, 1.165) is 18.8 Å². The first kappa shape index (κ1) is 22.6. The molecule has 2 aromatic rings. The average molecular weight is 455 g/mol. The normalized spacial score (nSPS) is 20.2. The molecule has 2 fully saturated rings. The molecule has 0 bridgehead atoms. The topological polar surface area (TPSA) is 74.6 Å². The molecule has 0 radical (unpaired) electrons. The van der Waals surface area contributed by atoms with Gasteiger partial charge in [0.15, 0.2) is 0 Å². The number of aromatic carboxylic acids is 1. The lowest BCUT2D eigenvalue weighted by Gasteiger charge is -2.27. The summed E-state index contributed by atoms with van der Waals surface area (Å²) in [7, 11) is 0. The minimum absolute atomic E-state index is 0.0474. The maximum atomic E-state index is 15.2. The van der Waals surface area contributed by atoms with E-state index in [-0.39, 0.29) is 31.1 Å². The molecule has 1 aromatic carbocycles. The number of nitrogens with one attached hydrogen (secondary N) is 1. The van der Waals surface area contributed by atoms with Crippen LogP contribution in [-0.4, -0.2) is 41.3 Å². The van der Waals surface area contributed by atoms with Crippen molar-refractivity contribution in [3.05, 3.63) is 39.4 Å². The zero-order chi connectivity index (χ0) is 23.4. The fraction of sp³-hybridized carbons (Fsp3) is 0.545. The van der Waals surface area contributed by atoms with E-state index in [1.165, 1.54) is 9.47 Å². The van der Waals surface area contributed by atoms with Crippen LogP contribution in [-0.2, 0) is 6.18 Å². The molecule has 2 atom stereocenters. The van der Waals surface area contributed by atoms with Crippen molar-refractivity contribution >= 4 is 22.6 Å². The van der Waals surface area contributed by atoms with Crippen LogP contribution in [0.4, 0.5) is 23.2 Å². The summed E-state index contributed by atoms with van der Waals surface area (Å²) in [5, 5.41) is 12.1. The van der Waals surface area contributed by atoms with Crippen LogP contribution in [0.5, 0.6) is 0 Å². The summed E-state index contributed by atoms with van der Waals surface area (Å²) in [6.45, 7) is 5.12. The number of rotatable bonds is 6. The maximum absolute atomic E-state index is 15.2. The van der Waals surface area contributed by atoms with Crippen molar-refractivity contribution < 1.29 is 27.5 Å². The summed E-state index contributed by atoms with van der Waals surface area (Å²) in [6, 6.07) is 0.482. The molecule has 1 aliphatic carbocycles. The molecule has 2 aliphatic rings. The number of alkyl halides is 3. The maximum Gasteiger partial charge on any atom is 0.420 e. The van der Waals surface area contributed by atoms with E-state index in [4.69, 9.17) is 0 Å². The molecular weight excluding hydrogens is 430 g/mol. The van der Waals surface area contributed by atoms with Crippen molar-refractivity contribution in [3.8, 4) is 0 Å². The standard InChI is InChI=1S/C22H25F4N3O3/c1-3-27-11(2)12-6-7-28(9-12)19-16(23)8-14-18(17(19)22(24,25)26)29(13-4-5-13)10-15(20(14)30)21(31)32/h8,10-13,27H,3-7,9H2,1-2H3,(H,31,32)/t11-,12-/m1/s1. The summed E-state index contributed by atoms with van der Waals surface area (Å²) in [4.78, 5) is 25.6. The van der Waals surface area contributed by atoms with Crippen molar-refractivity contribution in [1.29, 1.82) is 0 Å². The largest absolute Gasteiger partial charge is 0.477 e. The van der Waals surface area contributed by atoms with Crippen molar-refractivity contribution in [2.45, 2.75) is 51.4 Å². The molecule has 10 heteroatoms. The number of carboxylic acid groups (broad SMARTS) is 1. The van der Waals surface area contributed by atoms with Gasteiger partial charge in [-0.1, -0.05) is 6.92 Å². The number of aromatic nitrogens is 1. The first-order chi connectivity index (χ1) is 15.0. The summed E-state index contributed by atoms with van der Waals surface area (Å²) < 4.78 is 59.7. The lowest BCUT2D eigenvalue weighted by Crippen LogP contribution is -2.35. The highest BCUT2D eigenvalue weighted by Gasteiger charge is 2.43. The predicted molar refractivity (Wildman–Crippen MR) is 112 cm³/mol. The lowest BCUT2D eigenvalue weighted by molar-refractivity contribution is -0.136. The highest BCUT2D eigenvalue weighted by molar-refractivity contribution is 5.95. The van der Waals surface area contributed by atoms with Crippen LogP contribution >= 0.6 is 0 Å². The molecule has 32 heavy (non-hydrogen) atoms. The SMILES string of the molecule is CCN[C@H](C)[C@@H]1CCN(c2c(F)cc3c(=O)c(C(=O)O)cn(C4CC4)c3c2C(F)(F)F)C1. The first-order valence-corrected chi connectivity index (χ1v) is 10.7. The summed E-state index contributed by atoms with van der Waals surface area (Å²) in [5.41, 5.74) is -3.97. The van der Waals surface area contributed by atoms with E-state index in [1.54, 1.807) is 0 Å². The quantitative estimate of drug-likeness (QED) is 0.644. The Morgan fingerprint density at radius 2 is 2.00 bits per heavy atom. The number of carboxylic acids is 1. The zero-order valence-corrected chi connectivity index (χ0v) is 17.8. The number of pyridine rings is 1. The Morgan fingerprint density at radius 3 is 2.56 bits per heavy atom. The molecule has 0 amide bonds. The summed E-state index contributed by atoms with van der Waals surface area (Å²) in [5.74, 6) is -2.67. The number of carbonyl (C=O) groups is 1. The molecule has 0 unspecified atom stereocenters. The molecule has 0 spiro atoms. The summed E-state index contributed by atoms with van der Waals surface area (Å²) in [6.07, 6.45) is -2.23. The van der Waals surface area contributed by atoms with Crippen molar-refractivity contribution in [2.75, 3.05) is 24.5 Å². The van der Waals surface area contributed by atoms with Gasteiger partial charge in [0.25, 0.3) is 0 Å². The first-order valence-electron chi connectivity index (χ1n) is 10.7. The van der Waals surface area contributed by atoms with Gasteiger partial charge < -0.3 is 19.9 Å². The Labute approximate surface area is 181 Å². The molecule has 6 nitrogen and oxygen atoms in total. The number of anilines is 1. The van der Waals surface area contributed by atoms with Gasteiger partial charge in [0.05, 0.1) is 16.6 Å². The number of hydrogen-bond donors (Lipinski definition) is 2. The van der Waals surface area contributed by atoms with E-state index in [0.29, 0.717) is 19.3 Å². The Bertz CT molecular complexity index is 1120. The summed E-state index contributed by atoms with van der Waals surface area (Å²) >= 11 is 0. The molecule has 2 heterocycles. The monoisotopic (exact) mass is 455 g/mol. The zero-order valence-electron chi connectivity index (χ0n) is 17.8. The van der Waals surface area contributed by atoms with Gasteiger partial charge in [-0.25, -0.2) is 9.18 Å². The Hall–Kier alpha value is -2.62. The smallest absolute Gasteiger partial charge is 0.420 e. The van der Waals surface area contributed by atoms with Crippen LogP contribution in [0.25, 0.3) is 10.9 Å². The fourth-order valence-corrected chi connectivity index (χ4v) is 4.74. The molecule has 2 N–H and O–H groups in total. The van der Waals surface area contributed by atoms with E-state index in [1.807, 2.05) is 13.8 Å². The Balaban J connectivity index is 1.96. The predicted octanol–water partition coefficient (Wildman–Crippen LogP) is 4.02. The van der Waals surface area contributed by atoms with E-state index in [2.05, 4.69) is 5.32 Å². The average Bonchev–Trinajstić information content (AvgIpc) is 3.43. The third-order valence-corrected chi connectivity index (χ3v) is 6.47. The van der Waals surface area contributed by atoms with Gasteiger partial charge in [0.1, 0.15) is 16.9 Å². The van der Waals surface area contributed by atoms with Gasteiger partial charge in [-0.15, -0.1) is 0 Å². The second-order valence-electron chi connectivity index (χ2n) is 8.63. The number of benzene rings is 1. The Morgan fingerprint density at radius 1 is 1.31 bits per heavy atom. The highest BCUT2D eigenvalue weighted by atomic mass is 19.4. The van der Waals surface area contributed by atoms with Crippen molar-refractivity contribution in [2.24, 2.45) is 5.92 Å². The van der Waals surface area contributed by atoms with Crippen molar-refractivity contribution in [1.82, 2.24) is 9.88 Å². The number of hydrogen-bond acceptors (Lipinski definition) is 4. The van der Waals surface area contributed by atoms with E-state index in [9.17, 15) is 27.9 Å². The second kappa shape index (κ2) is 8.06. The molecule has 1 saturated heterocycles. The molecule has 1 aliphatic heterocycles. The number of fused-ring (bicyclic) bond motifs is 1.